The molecule has 1 aromatic rings. The molecule has 1 fully saturated rings. The van der Waals surface area contributed by atoms with E-state index >= 15 is 0 Å². The Hall–Kier alpha value is -2.48. The number of benzene rings is 1. The molecule has 0 saturated carbocycles. The first-order valence-corrected chi connectivity index (χ1v) is 12.9. The number of carboxylic acid groups (broad SMARTS) is 1. The Morgan fingerprint density at radius 2 is 2.06 bits per heavy atom. The summed E-state index contributed by atoms with van der Waals surface area (Å²) < 4.78 is 16.8. The summed E-state index contributed by atoms with van der Waals surface area (Å²) in [6.45, 7) is 11.5. The van der Waals surface area contributed by atoms with Gasteiger partial charge in [0.1, 0.15) is 18.5 Å². The molecule has 0 radical (unpaired) electrons. The Morgan fingerprint density at radius 3 is 2.69 bits per heavy atom. The van der Waals surface area contributed by atoms with Crippen LogP contribution in [0.1, 0.15) is 52.5 Å². The number of esters is 1. The monoisotopic (exact) mass is 490 g/mol. The summed E-state index contributed by atoms with van der Waals surface area (Å²) in [4.78, 5) is 26.3. The number of amides is 1. The SMILES string of the molecule is COCCCN1CCOc2ccc(C[C@@H](C[C@H](NC(=O)O)[C@@H]3C[C@@H](C(C)C)C(=O)O3)C(C)C)cc21. The van der Waals surface area contributed by atoms with Gasteiger partial charge in [-0.05, 0) is 61.1 Å². The first-order valence-electron chi connectivity index (χ1n) is 12.9. The number of cyclic esters (lactones) is 1. The highest BCUT2D eigenvalue weighted by Crippen LogP contribution is 2.36. The molecule has 1 aromatic carbocycles. The molecule has 8 nitrogen and oxygen atoms in total. The van der Waals surface area contributed by atoms with Gasteiger partial charge in [-0.25, -0.2) is 4.79 Å². The molecule has 4 atom stereocenters. The standard InChI is InChI=1S/C27H42N2O6/c1-17(2)20(15-22(28-27(31)32)25-16-21(18(3)4)26(30)35-25)13-19-7-8-24-23(14-19)29(10-12-34-24)9-6-11-33-5/h7-8,14,17-18,20-22,25,28H,6,9-13,15-16H2,1-5H3,(H,31,32)/t20-,21-,22-,25-/m0/s1. The van der Waals surface area contributed by atoms with Crippen molar-refractivity contribution in [2.24, 2.45) is 23.7 Å². The van der Waals surface area contributed by atoms with Gasteiger partial charge in [-0.15, -0.1) is 0 Å². The molecule has 0 unspecified atom stereocenters. The second-order valence-corrected chi connectivity index (χ2v) is 10.5. The molecule has 8 heteroatoms. The van der Waals surface area contributed by atoms with Gasteiger partial charge in [-0.1, -0.05) is 33.8 Å². The van der Waals surface area contributed by atoms with Crippen LogP contribution in [0, 0.1) is 23.7 Å². The normalized spacial score (nSPS) is 21.5. The van der Waals surface area contributed by atoms with Gasteiger partial charge in [0.2, 0.25) is 0 Å². The molecule has 0 aromatic heterocycles. The summed E-state index contributed by atoms with van der Waals surface area (Å²) in [6, 6.07) is 5.93. The topological polar surface area (TPSA) is 97.3 Å². The quantitative estimate of drug-likeness (QED) is 0.332. The van der Waals surface area contributed by atoms with Gasteiger partial charge in [0, 0.05) is 20.3 Å². The molecule has 2 aliphatic rings. The zero-order valence-corrected chi connectivity index (χ0v) is 21.8. The molecular weight excluding hydrogens is 448 g/mol. The van der Waals surface area contributed by atoms with Gasteiger partial charge in [0.25, 0.3) is 0 Å². The van der Waals surface area contributed by atoms with Gasteiger partial charge < -0.3 is 29.5 Å². The van der Waals surface area contributed by atoms with Crippen LogP contribution in [-0.2, 0) is 20.7 Å². The molecule has 2 N–H and O–H groups in total. The first-order chi connectivity index (χ1) is 16.7. The maximum Gasteiger partial charge on any atom is 0.405 e. The molecule has 0 aliphatic carbocycles. The van der Waals surface area contributed by atoms with Crippen LogP contribution < -0.4 is 15.0 Å². The van der Waals surface area contributed by atoms with Crippen molar-refractivity contribution < 1.29 is 28.9 Å². The van der Waals surface area contributed by atoms with Crippen molar-refractivity contribution in [3.05, 3.63) is 23.8 Å². The number of hydrogen-bond acceptors (Lipinski definition) is 6. The van der Waals surface area contributed by atoms with E-state index in [1.807, 2.05) is 19.9 Å². The van der Waals surface area contributed by atoms with Crippen molar-refractivity contribution >= 4 is 17.7 Å². The van der Waals surface area contributed by atoms with E-state index in [0.29, 0.717) is 25.4 Å². The van der Waals surface area contributed by atoms with E-state index in [9.17, 15) is 14.7 Å². The summed E-state index contributed by atoms with van der Waals surface area (Å²) in [6.07, 6.45) is 1.41. The predicted octanol–water partition coefficient (Wildman–Crippen LogP) is 4.35. The third-order valence-electron chi connectivity index (χ3n) is 7.38. The lowest BCUT2D eigenvalue weighted by Gasteiger charge is -2.32. The van der Waals surface area contributed by atoms with Crippen LogP contribution in [0.15, 0.2) is 18.2 Å². The highest BCUT2D eigenvalue weighted by molar-refractivity contribution is 5.75. The molecule has 2 aliphatic heterocycles. The van der Waals surface area contributed by atoms with E-state index in [0.717, 1.165) is 44.0 Å². The average molecular weight is 491 g/mol. The van der Waals surface area contributed by atoms with Crippen molar-refractivity contribution in [2.75, 3.05) is 38.3 Å². The lowest BCUT2D eigenvalue weighted by molar-refractivity contribution is -0.146. The van der Waals surface area contributed by atoms with E-state index in [-0.39, 0.29) is 23.7 Å². The molecule has 2 heterocycles. The van der Waals surface area contributed by atoms with Crippen LogP contribution in [0.4, 0.5) is 10.5 Å². The zero-order chi connectivity index (χ0) is 25.5. The van der Waals surface area contributed by atoms with Crippen molar-refractivity contribution in [3.8, 4) is 5.75 Å². The van der Waals surface area contributed by atoms with Gasteiger partial charge in [-0.2, -0.15) is 0 Å². The fraction of sp³-hybridized carbons (Fsp3) is 0.704. The fourth-order valence-corrected chi connectivity index (χ4v) is 5.18. The van der Waals surface area contributed by atoms with Crippen LogP contribution >= 0.6 is 0 Å². The lowest BCUT2D eigenvalue weighted by Crippen LogP contribution is -2.44. The molecule has 35 heavy (non-hydrogen) atoms. The van der Waals surface area contributed by atoms with E-state index in [1.165, 1.54) is 5.56 Å². The Labute approximate surface area is 209 Å². The van der Waals surface area contributed by atoms with E-state index in [1.54, 1.807) is 7.11 Å². The summed E-state index contributed by atoms with van der Waals surface area (Å²) in [5.41, 5.74) is 2.30. The minimum absolute atomic E-state index is 0.170. The van der Waals surface area contributed by atoms with Gasteiger partial charge >= 0.3 is 12.1 Å². The number of rotatable bonds is 12. The van der Waals surface area contributed by atoms with Crippen LogP contribution in [0.25, 0.3) is 0 Å². The molecule has 3 rings (SSSR count). The van der Waals surface area contributed by atoms with Crippen molar-refractivity contribution in [2.45, 2.75) is 65.5 Å². The van der Waals surface area contributed by atoms with Gasteiger partial charge in [0.05, 0.1) is 24.2 Å². The number of fused-ring (bicyclic) bond motifs is 1. The summed E-state index contributed by atoms with van der Waals surface area (Å²) in [5, 5.41) is 12.2. The molecule has 0 spiro atoms. The summed E-state index contributed by atoms with van der Waals surface area (Å²) >= 11 is 0. The third kappa shape index (κ3) is 7.26. The number of carbonyl (C=O) groups is 2. The largest absolute Gasteiger partial charge is 0.490 e. The molecule has 1 saturated heterocycles. The summed E-state index contributed by atoms with van der Waals surface area (Å²) in [5.74, 6) is 1.22. The van der Waals surface area contributed by atoms with E-state index in [2.05, 4.69) is 36.2 Å². The van der Waals surface area contributed by atoms with Crippen LogP contribution in [-0.4, -0.2) is 62.7 Å². The fourth-order valence-electron chi connectivity index (χ4n) is 5.18. The number of ether oxygens (including phenoxy) is 3. The van der Waals surface area contributed by atoms with E-state index < -0.39 is 18.2 Å². The Morgan fingerprint density at radius 1 is 1.29 bits per heavy atom. The number of nitrogens with zero attached hydrogens (tertiary/aromatic N) is 1. The number of anilines is 1. The van der Waals surface area contributed by atoms with Crippen LogP contribution in [0.5, 0.6) is 5.75 Å². The number of hydrogen-bond donors (Lipinski definition) is 2. The second-order valence-electron chi connectivity index (χ2n) is 10.5. The first kappa shape index (κ1) is 27.1. The molecule has 0 bridgehead atoms. The van der Waals surface area contributed by atoms with Crippen molar-refractivity contribution in [3.63, 3.8) is 0 Å². The Kier molecular flexibility index (Phi) is 9.66. The number of nitrogens with one attached hydrogen (secondary N) is 1. The molecule has 196 valence electrons. The zero-order valence-electron chi connectivity index (χ0n) is 21.8. The summed E-state index contributed by atoms with van der Waals surface area (Å²) in [7, 11) is 1.72. The smallest absolute Gasteiger partial charge is 0.405 e. The van der Waals surface area contributed by atoms with Crippen LogP contribution in [0.2, 0.25) is 0 Å². The van der Waals surface area contributed by atoms with Crippen molar-refractivity contribution in [1.82, 2.24) is 5.32 Å². The molecule has 1 amide bonds. The maximum absolute atomic E-state index is 12.4. The molecular formula is C27H42N2O6. The van der Waals surface area contributed by atoms with Crippen LogP contribution in [0.3, 0.4) is 0 Å². The minimum atomic E-state index is -1.08. The Balaban J connectivity index is 1.74. The predicted molar refractivity (Wildman–Crippen MR) is 135 cm³/mol. The van der Waals surface area contributed by atoms with Crippen molar-refractivity contribution in [1.29, 1.82) is 0 Å². The number of methoxy groups -OCH3 is 1. The van der Waals surface area contributed by atoms with Gasteiger partial charge in [0.15, 0.2) is 0 Å². The second kappa shape index (κ2) is 12.5. The lowest BCUT2D eigenvalue weighted by atomic mass is 9.81. The minimum Gasteiger partial charge on any atom is -0.490 e. The highest BCUT2D eigenvalue weighted by Gasteiger charge is 2.41. The third-order valence-corrected chi connectivity index (χ3v) is 7.38. The van der Waals surface area contributed by atoms with E-state index in [4.69, 9.17) is 14.2 Å². The number of carbonyl (C=O) groups excluding carboxylic acids is 1. The highest BCUT2D eigenvalue weighted by atomic mass is 16.6. The maximum atomic E-state index is 12.4. The Bertz CT molecular complexity index is 858. The van der Waals surface area contributed by atoms with Gasteiger partial charge in [-0.3, -0.25) is 4.79 Å². The average Bonchev–Trinajstić information content (AvgIpc) is 3.20.